The summed E-state index contributed by atoms with van der Waals surface area (Å²) in [5.74, 6) is 1.34. The molecule has 3 heterocycles. The van der Waals surface area contributed by atoms with Gasteiger partial charge in [0.15, 0.2) is 0 Å². The maximum absolute atomic E-state index is 13.0. The van der Waals surface area contributed by atoms with E-state index in [1.54, 1.807) is 0 Å². The molecule has 0 unspecified atom stereocenters. The van der Waals surface area contributed by atoms with Gasteiger partial charge in [-0.3, -0.25) is 9.36 Å². The van der Waals surface area contributed by atoms with E-state index in [2.05, 4.69) is 59.4 Å². The lowest BCUT2D eigenvalue weighted by atomic mass is 9.85. The number of hydrogen-bond donors (Lipinski definition) is 1. The largest absolute Gasteiger partial charge is 0.354 e. The molecule has 8 nitrogen and oxygen atoms in total. The smallest absolute Gasteiger partial charge is 0.278 e. The van der Waals surface area contributed by atoms with Crippen LogP contribution in [0.4, 0.5) is 5.82 Å². The van der Waals surface area contributed by atoms with Gasteiger partial charge in [0.1, 0.15) is 34.8 Å². The van der Waals surface area contributed by atoms with Crippen molar-refractivity contribution in [1.82, 2.24) is 19.4 Å². The molecule has 192 valence electrons. The first-order chi connectivity index (χ1) is 17.5. The summed E-state index contributed by atoms with van der Waals surface area (Å²) in [7, 11) is 0. The predicted octanol–water partition coefficient (Wildman–Crippen LogP) is 3.81. The molecule has 1 aliphatic heterocycles. The molecule has 0 bridgehead atoms. The van der Waals surface area contributed by atoms with Crippen LogP contribution in [0.15, 0.2) is 35.4 Å². The number of piperazine rings is 1. The zero-order valence-electron chi connectivity index (χ0n) is 22.0. The minimum absolute atomic E-state index is 0.0266. The second-order valence-corrected chi connectivity index (χ2v) is 9.18. The molecule has 1 aromatic carbocycles. The highest BCUT2D eigenvalue weighted by Crippen LogP contribution is 2.35. The lowest BCUT2D eigenvalue weighted by Crippen LogP contribution is -2.44. The highest BCUT2D eigenvalue weighted by Gasteiger charge is 2.29. The molecule has 1 saturated carbocycles. The molecule has 2 fully saturated rings. The van der Waals surface area contributed by atoms with Crippen LogP contribution in [0.3, 0.4) is 0 Å². The summed E-state index contributed by atoms with van der Waals surface area (Å²) in [6.07, 6.45) is 5.56. The van der Waals surface area contributed by atoms with Crippen LogP contribution >= 0.6 is 0 Å². The lowest BCUT2D eigenvalue weighted by molar-refractivity contribution is -0.108. The third-order valence-corrected chi connectivity index (χ3v) is 6.64. The first kappa shape index (κ1) is 27.2. The minimum atomic E-state index is -0.251. The second kappa shape index (κ2) is 13.0. The Labute approximate surface area is 213 Å². The van der Waals surface area contributed by atoms with E-state index in [-0.39, 0.29) is 12.1 Å². The molecule has 0 amide bonds. The summed E-state index contributed by atoms with van der Waals surface area (Å²) in [5.41, 5.74) is 3.80. The van der Waals surface area contributed by atoms with E-state index in [1.165, 1.54) is 28.4 Å². The van der Waals surface area contributed by atoms with Crippen molar-refractivity contribution >= 4 is 23.1 Å². The summed E-state index contributed by atoms with van der Waals surface area (Å²) >= 11 is 0. The van der Waals surface area contributed by atoms with Gasteiger partial charge < -0.3 is 19.6 Å². The standard InChI is InChI=1S/C18H22N6O2.C8H10.C2H6/c19-10-14-15-16(18(26)23(8-9-25)12-21-15)24(11-13-2-1-3-13)17(14)22-6-4-20-5-7-22;1-7-4-3-5-8(2)6-7;1-2/h9,12-13,20H,1-8,11H2;3-6H,1-2H3;1-2H3. The van der Waals surface area contributed by atoms with E-state index < -0.39 is 0 Å². The zero-order valence-corrected chi connectivity index (χ0v) is 22.0. The van der Waals surface area contributed by atoms with Crippen LogP contribution in [0.5, 0.6) is 0 Å². The molecule has 5 rings (SSSR count). The average Bonchev–Trinajstić information content (AvgIpc) is 3.19. The van der Waals surface area contributed by atoms with Crippen molar-refractivity contribution in [3.8, 4) is 6.07 Å². The summed E-state index contributed by atoms with van der Waals surface area (Å²) in [6, 6.07) is 10.7. The molecule has 3 aromatic rings. The van der Waals surface area contributed by atoms with Crippen molar-refractivity contribution in [2.24, 2.45) is 5.92 Å². The van der Waals surface area contributed by atoms with E-state index in [0.717, 1.165) is 51.4 Å². The number of anilines is 1. The van der Waals surface area contributed by atoms with Crippen molar-refractivity contribution in [2.45, 2.75) is 60.0 Å². The molecule has 0 spiro atoms. The molecule has 1 saturated heterocycles. The summed E-state index contributed by atoms with van der Waals surface area (Å²) < 4.78 is 3.31. The fourth-order valence-corrected chi connectivity index (χ4v) is 4.69. The van der Waals surface area contributed by atoms with Crippen molar-refractivity contribution in [1.29, 1.82) is 5.26 Å². The van der Waals surface area contributed by atoms with Crippen LogP contribution < -0.4 is 15.8 Å². The monoisotopic (exact) mass is 490 g/mol. The Morgan fingerprint density at radius 3 is 2.33 bits per heavy atom. The zero-order chi connectivity index (χ0) is 26.1. The number of carbonyl (C=O) groups excluding carboxylic acids is 1. The number of benzene rings is 1. The van der Waals surface area contributed by atoms with Gasteiger partial charge in [-0.1, -0.05) is 55.7 Å². The Kier molecular flexibility index (Phi) is 9.83. The normalized spacial score (nSPS) is 15.1. The fourth-order valence-electron chi connectivity index (χ4n) is 4.69. The van der Waals surface area contributed by atoms with E-state index >= 15 is 0 Å². The topological polar surface area (TPSA) is 96.0 Å². The number of nitrogens with one attached hydrogen (secondary N) is 1. The maximum atomic E-state index is 13.0. The molecule has 2 aliphatic rings. The van der Waals surface area contributed by atoms with Crippen molar-refractivity contribution in [2.75, 3.05) is 31.1 Å². The quantitative estimate of drug-likeness (QED) is 0.547. The van der Waals surface area contributed by atoms with Crippen LogP contribution in [-0.4, -0.2) is 46.6 Å². The average molecular weight is 491 g/mol. The number of hydrogen-bond acceptors (Lipinski definition) is 6. The summed E-state index contributed by atoms with van der Waals surface area (Å²) in [5, 5.41) is 13.1. The van der Waals surface area contributed by atoms with Gasteiger partial charge in [0.05, 0.1) is 12.9 Å². The maximum Gasteiger partial charge on any atom is 0.278 e. The number of aldehydes is 1. The number of carbonyl (C=O) groups is 1. The van der Waals surface area contributed by atoms with Gasteiger partial charge in [0.25, 0.3) is 5.56 Å². The number of fused-ring (bicyclic) bond motifs is 1. The number of nitrogens with zero attached hydrogens (tertiary/aromatic N) is 5. The molecular formula is C28H38N6O2. The molecular weight excluding hydrogens is 452 g/mol. The van der Waals surface area contributed by atoms with Crippen LogP contribution in [0, 0.1) is 31.1 Å². The molecule has 8 heteroatoms. The van der Waals surface area contributed by atoms with Crippen molar-refractivity contribution in [3.05, 3.63) is 57.6 Å². The molecule has 36 heavy (non-hydrogen) atoms. The van der Waals surface area contributed by atoms with Crippen LogP contribution in [0.25, 0.3) is 11.0 Å². The Morgan fingerprint density at radius 1 is 1.17 bits per heavy atom. The minimum Gasteiger partial charge on any atom is -0.354 e. The van der Waals surface area contributed by atoms with Crippen molar-refractivity contribution < 1.29 is 4.79 Å². The van der Waals surface area contributed by atoms with Gasteiger partial charge in [-0.05, 0) is 32.6 Å². The lowest BCUT2D eigenvalue weighted by Gasteiger charge is -2.33. The number of nitriles is 1. The first-order valence-electron chi connectivity index (χ1n) is 13.0. The highest BCUT2D eigenvalue weighted by molar-refractivity contribution is 5.89. The van der Waals surface area contributed by atoms with E-state index in [4.69, 9.17) is 0 Å². The van der Waals surface area contributed by atoms with Crippen LogP contribution in [0.2, 0.25) is 0 Å². The van der Waals surface area contributed by atoms with E-state index in [9.17, 15) is 14.9 Å². The number of rotatable bonds is 5. The van der Waals surface area contributed by atoms with Gasteiger partial charge >= 0.3 is 0 Å². The van der Waals surface area contributed by atoms with Crippen LogP contribution in [-0.2, 0) is 17.9 Å². The van der Waals surface area contributed by atoms with Gasteiger partial charge in [-0.2, -0.15) is 5.26 Å². The van der Waals surface area contributed by atoms with Crippen molar-refractivity contribution in [3.63, 3.8) is 0 Å². The Bertz CT molecular complexity index is 1240. The first-order valence-corrected chi connectivity index (χ1v) is 13.0. The van der Waals surface area contributed by atoms with Gasteiger partial charge in [0.2, 0.25) is 0 Å². The third-order valence-electron chi connectivity index (χ3n) is 6.64. The van der Waals surface area contributed by atoms with E-state index in [1.807, 2.05) is 18.4 Å². The Balaban J connectivity index is 0.000000305. The molecule has 0 atom stereocenters. The predicted molar refractivity (Wildman–Crippen MR) is 144 cm³/mol. The SMILES string of the molecule is CC.Cc1cccc(C)c1.N#Cc1c(N2CCNCC2)n(CC2CCC2)c2c(=O)n(CC=O)cnc12. The molecule has 0 radical (unpaired) electrons. The van der Waals surface area contributed by atoms with Gasteiger partial charge in [0, 0.05) is 32.7 Å². The molecule has 1 N–H and O–H groups in total. The number of aromatic nitrogens is 3. The van der Waals surface area contributed by atoms with E-state index in [0.29, 0.717) is 28.8 Å². The fraction of sp³-hybridized carbons (Fsp3) is 0.500. The number of aryl methyl sites for hydroxylation is 2. The van der Waals surface area contributed by atoms with Crippen LogP contribution in [0.1, 0.15) is 49.8 Å². The second-order valence-electron chi connectivity index (χ2n) is 9.18. The highest BCUT2D eigenvalue weighted by atomic mass is 16.1. The Hall–Kier alpha value is -3.44. The molecule has 2 aromatic heterocycles. The third kappa shape index (κ3) is 6.03. The Morgan fingerprint density at radius 2 is 1.83 bits per heavy atom. The summed E-state index contributed by atoms with van der Waals surface area (Å²) in [4.78, 5) is 30.4. The summed E-state index contributed by atoms with van der Waals surface area (Å²) in [6.45, 7) is 12.2. The van der Waals surface area contributed by atoms with Gasteiger partial charge in [-0.15, -0.1) is 0 Å². The van der Waals surface area contributed by atoms with Gasteiger partial charge in [-0.25, -0.2) is 4.98 Å². The molecule has 1 aliphatic carbocycles.